The van der Waals surface area contributed by atoms with Crippen molar-refractivity contribution in [2.45, 2.75) is 50.0 Å². The maximum absolute atomic E-state index is 13.1. The average molecular weight is 285 g/mol. The summed E-state index contributed by atoms with van der Waals surface area (Å²) in [5, 5.41) is 3.50. The van der Waals surface area contributed by atoms with Crippen molar-refractivity contribution < 1.29 is 13.2 Å². The predicted molar refractivity (Wildman–Crippen MR) is 70.6 cm³/mol. The summed E-state index contributed by atoms with van der Waals surface area (Å²) in [6, 6.07) is 3.46. The highest BCUT2D eigenvalue weighted by atomic mass is 19.4. The summed E-state index contributed by atoms with van der Waals surface area (Å²) < 4.78 is 39.2. The van der Waals surface area contributed by atoms with Crippen molar-refractivity contribution in [2.75, 3.05) is 11.9 Å². The van der Waals surface area contributed by atoms with Gasteiger partial charge in [-0.05, 0) is 37.8 Å². The van der Waals surface area contributed by atoms with Gasteiger partial charge in [-0.25, -0.2) is 4.98 Å². The normalized spacial score (nSPS) is 29.5. The molecule has 3 nitrogen and oxygen atoms in total. The summed E-state index contributed by atoms with van der Waals surface area (Å²) in [5.74, 6) is 0.0475. The van der Waals surface area contributed by atoms with Crippen LogP contribution in [0.15, 0.2) is 18.3 Å². The lowest BCUT2D eigenvalue weighted by molar-refractivity contribution is -0.137. The van der Waals surface area contributed by atoms with E-state index in [0.29, 0.717) is 12.1 Å². The van der Waals surface area contributed by atoms with E-state index >= 15 is 0 Å². The largest absolute Gasteiger partial charge is 0.419 e. The molecule has 1 N–H and O–H groups in total. The van der Waals surface area contributed by atoms with Gasteiger partial charge in [0.1, 0.15) is 5.82 Å². The van der Waals surface area contributed by atoms with Crippen molar-refractivity contribution in [1.29, 1.82) is 0 Å². The van der Waals surface area contributed by atoms with E-state index in [4.69, 9.17) is 0 Å². The van der Waals surface area contributed by atoms with Crippen molar-refractivity contribution in [2.24, 2.45) is 0 Å². The molecule has 1 aromatic heterocycles. The molecule has 0 aliphatic carbocycles. The number of pyridine rings is 1. The van der Waals surface area contributed by atoms with Gasteiger partial charge in [-0.15, -0.1) is 0 Å². The summed E-state index contributed by atoms with van der Waals surface area (Å²) in [4.78, 5) is 5.69. The molecule has 20 heavy (non-hydrogen) atoms. The Bertz CT molecular complexity index is 477. The molecule has 0 radical (unpaired) electrons. The Morgan fingerprint density at radius 2 is 1.90 bits per heavy atom. The number of fused-ring (bicyclic) bond motifs is 2. The Kier molecular flexibility index (Phi) is 3.36. The second-order valence-corrected chi connectivity index (χ2v) is 5.75. The number of aromatic nitrogens is 1. The Morgan fingerprint density at radius 3 is 2.50 bits per heavy atom. The first-order chi connectivity index (χ1) is 9.45. The SMILES string of the molecule is CN(c1ncccc1C(F)(F)F)C1CC2CCC(C1)N2. The maximum Gasteiger partial charge on any atom is 0.419 e. The number of hydrogen-bond acceptors (Lipinski definition) is 3. The molecule has 3 heterocycles. The smallest absolute Gasteiger partial charge is 0.356 e. The van der Waals surface area contributed by atoms with E-state index in [1.165, 1.54) is 12.3 Å². The van der Waals surface area contributed by atoms with Crippen LogP contribution in [0.3, 0.4) is 0 Å². The standard InChI is InChI=1S/C14H18F3N3/c1-20(11-7-9-4-5-10(8-11)19-9)13-12(14(15,16)17)3-2-6-18-13/h2-3,6,9-11,19H,4-5,7-8H2,1H3. The number of rotatable bonds is 2. The summed E-state index contributed by atoms with van der Waals surface area (Å²) in [6.07, 6.45) is 1.11. The van der Waals surface area contributed by atoms with Gasteiger partial charge in [-0.1, -0.05) is 0 Å². The first kappa shape index (κ1) is 13.7. The lowest BCUT2D eigenvalue weighted by Gasteiger charge is -2.37. The highest BCUT2D eigenvalue weighted by Gasteiger charge is 2.39. The van der Waals surface area contributed by atoms with Gasteiger partial charge in [-0.3, -0.25) is 0 Å². The summed E-state index contributed by atoms with van der Waals surface area (Å²) >= 11 is 0. The van der Waals surface area contributed by atoms with E-state index in [9.17, 15) is 13.2 Å². The van der Waals surface area contributed by atoms with Gasteiger partial charge < -0.3 is 10.2 Å². The van der Waals surface area contributed by atoms with Gasteiger partial charge in [0.05, 0.1) is 5.56 Å². The van der Waals surface area contributed by atoms with Gasteiger partial charge in [-0.2, -0.15) is 13.2 Å². The van der Waals surface area contributed by atoms with Crippen molar-refractivity contribution in [3.8, 4) is 0 Å². The lowest BCUT2D eigenvalue weighted by atomic mass is 9.98. The molecular formula is C14H18F3N3. The summed E-state index contributed by atoms with van der Waals surface area (Å²) in [7, 11) is 1.73. The Hall–Kier alpha value is -1.30. The topological polar surface area (TPSA) is 28.2 Å². The molecule has 2 unspecified atom stereocenters. The van der Waals surface area contributed by atoms with E-state index < -0.39 is 11.7 Å². The first-order valence-electron chi connectivity index (χ1n) is 6.96. The third-order valence-electron chi connectivity index (χ3n) is 4.42. The minimum atomic E-state index is -4.36. The Morgan fingerprint density at radius 1 is 1.25 bits per heavy atom. The molecule has 0 amide bonds. The second-order valence-electron chi connectivity index (χ2n) is 5.75. The van der Waals surface area contributed by atoms with Gasteiger partial charge in [0.15, 0.2) is 0 Å². The monoisotopic (exact) mass is 285 g/mol. The highest BCUT2D eigenvalue weighted by molar-refractivity contribution is 5.48. The van der Waals surface area contributed by atoms with Crippen molar-refractivity contribution >= 4 is 5.82 Å². The zero-order chi connectivity index (χ0) is 14.3. The Labute approximate surface area is 116 Å². The molecule has 6 heteroatoms. The zero-order valence-electron chi connectivity index (χ0n) is 11.3. The fourth-order valence-electron chi connectivity index (χ4n) is 3.42. The minimum absolute atomic E-state index is 0.0475. The van der Waals surface area contributed by atoms with Gasteiger partial charge in [0.2, 0.25) is 0 Å². The molecule has 2 atom stereocenters. The molecule has 2 bridgehead atoms. The molecule has 0 aromatic carbocycles. The van der Waals surface area contributed by atoms with Crippen LogP contribution in [-0.4, -0.2) is 30.2 Å². The third-order valence-corrected chi connectivity index (χ3v) is 4.42. The van der Waals surface area contributed by atoms with Crippen LogP contribution in [0.4, 0.5) is 19.0 Å². The van der Waals surface area contributed by atoms with Crippen LogP contribution in [0.5, 0.6) is 0 Å². The molecule has 110 valence electrons. The number of halogens is 3. The fraction of sp³-hybridized carbons (Fsp3) is 0.643. The number of piperidine rings is 1. The number of anilines is 1. The average Bonchev–Trinajstić information content (AvgIpc) is 2.75. The van der Waals surface area contributed by atoms with Gasteiger partial charge in [0, 0.05) is 31.4 Å². The molecule has 2 aliphatic rings. The molecule has 2 saturated heterocycles. The molecule has 3 rings (SSSR count). The van der Waals surface area contributed by atoms with Crippen LogP contribution in [-0.2, 0) is 6.18 Å². The van der Waals surface area contributed by atoms with Crippen LogP contribution >= 0.6 is 0 Å². The third kappa shape index (κ3) is 2.49. The van der Waals surface area contributed by atoms with E-state index in [1.807, 2.05) is 0 Å². The highest BCUT2D eigenvalue weighted by Crippen LogP contribution is 2.37. The number of nitrogens with zero attached hydrogens (tertiary/aromatic N) is 2. The van der Waals surface area contributed by atoms with Gasteiger partial charge >= 0.3 is 6.18 Å². The van der Waals surface area contributed by atoms with E-state index in [1.54, 1.807) is 11.9 Å². The molecule has 2 aliphatic heterocycles. The summed E-state index contributed by atoms with van der Waals surface area (Å²) in [5.41, 5.74) is -0.645. The number of nitrogens with one attached hydrogen (secondary N) is 1. The fourth-order valence-corrected chi connectivity index (χ4v) is 3.42. The molecule has 0 spiro atoms. The van der Waals surface area contributed by atoms with Crippen LogP contribution in [0, 0.1) is 0 Å². The van der Waals surface area contributed by atoms with Crippen molar-refractivity contribution in [1.82, 2.24) is 10.3 Å². The minimum Gasteiger partial charge on any atom is -0.356 e. The maximum atomic E-state index is 13.1. The molecule has 2 fully saturated rings. The number of alkyl halides is 3. The van der Waals surface area contributed by atoms with Crippen LogP contribution < -0.4 is 10.2 Å². The summed E-state index contributed by atoms with van der Waals surface area (Å²) in [6.45, 7) is 0. The number of hydrogen-bond donors (Lipinski definition) is 1. The predicted octanol–water partition coefficient (Wildman–Crippen LogP) is 2.82. The van der Waals surface area contributed by atoms with E-state index in [2.05, 4.69) is 10.3 Å². The van der Waals surface area contributed by atoms with Gasteiger partial charge in [0.25, 0.3) is 0 Å². The van der Waals surface area contributed by atoms with E-state index in [0.717, 1.165) is 31.7 Å². The quantitative estimate of drug-likeness (QED) is 0.905. The molecular weight excluding hydrogens is 267 g/mol. The first-order valence-corrected chi connectivity index (χ1v) is 6.96. The van der Waals surface area contributed by atoms with Crippen LogP contribution in [0.2, 0.25) is 0 Å². The van der Waals surface area contributed by atoms with Crippen LogP contribution in [0.1, 0.15) is 31.2 Å². The lowest BCUT2D eigenvalue weighted by Crippen LogP contribution is -2.47. The van der Waals surface area contributed by atoms with Crippen molar-refractivity contribution in [3.05, 3.63) is 23.9 Å². The molecule has 0 saturated carbocycles. The Balaban J connectivity index is 1.85. The van der Waals surface area contributed by atoms with Crippen LogP contribution in [0.25, 0.3) is 0 Å². The zero-order valence-corrected chi connectivity index (χ0v) is 11.3. The second kappa shape index (κ2) is 4.91. The van der Waals surface area contributed by atoms with Crippen molar-refractivity contribution in [3.63, 3.8) is 0 Å². The molecule has 1 aromatic rings. The van der Waals surface area contributed by atoms with E-state index in [-0.39, 0.29) is 11.9 Å².